The number of carboxylic acids is 1. The van der Waals surface area contributed by atoms with Gasteiger partial charge in [-0.1, -0.05) is 12.5 Å². The number of fused-ring (bicyclic) bond motifs is 1. The van der Waals surface area contributed by atoms with Crippen molar-refractivity contribution < 1.29 is 19.4 Å². The summed E-state index contributed by atoms with van der Waals surface area (Å²) in [5.41, 5.74) is 0.162. The van der Waals surface area contributed by atoms with E-state index in [1.807, 2.05) is 13.8 Å². The zero-order valence-electron chi connectivity index (χ0n) is 12.2. The van der Waals surface area contributed by atoms with Crippen molar-refractivity contribution in [3.8, 4) is 0 Å². The second-order valence-corrected chi connectivity index (χ2v) is 6.26. The molecule has 20 heavy (non-hydrogen) atoms. The minimum Gasteiger partial charge on any atom is -0.481 e. The SMILES string of the molecule is C=C(C)CC(C)C(=O)N1C[C@H]2COCC[C@@]2(C(=O)O)C1. The third-order valence-electron chi connectivity index (χ3n) is 4.52. The van der Waals surface area contributed by atoms with Crippen molar-refractivity contribution >= 4 is 11.9 Å². The van der Waals surface area contributed by atoms with Crippen LogP contribution in [0.25, 0.3) is 0 Å². The summed E-state index contributed by atoms with van der Waals surface area (Å²) in [4.78, 5) is 25.8. The third kappa shape index (κ3) is 2.59. The van der Waals surface area contributed by atoms with E-state index in [2.05, 4.69) is 6.58 Å². The number of allylic oxidation sites excluding steroid dienone is 1. The Morgan fingerprint density at radius 2 is 2.25 bits per heavy atom. The lowest BCUT2D eigenvalue weighted by Gasteiger charge is -2.33. The normalized spacial score (nSPS) is 30.7. The van der Waals surface area contributed by atoms with E-state index in [-0.39, 0.29) is 17.7 Å². The maximum absolute atomic E-state index is 12.4. The summed E-state index contributed by atoms with van der Waals surface area (Å²) in [6.07, 6.45) is 1.14. The summed E-state index contributed by atoms with van der Waals surface area (Å²) < 4.78 is 5.40. The Balaban J connectivity index is 2.11. The van der Waals surface area contributed by atoms with Gasteiger partial charge in [-0.3, -0.25) is 9.59 Å². The third-order valence-corrected chi connectivity index (χ3v) is 4.52. The number of rotatable bonds is 4. The number of likely N-dealkylation sites (tertiary alicyclic amines) is 1. The van der Waals surface area contributed by atoms with Crippen molar-refractivity contribution in [2.75, 3.05) is 26.3 Å². The maximum atomic E-state index is 12.4. The molecule has 112 valence electrons. The van der Waals surface area contributed by atoms with Gasteiger partial charge in [-0.05, 0) is 19.8 Å². The lowest BCUT2D eigenvalue weighted by atomic mass is 9.74. The first-order valence-electron chi connectivity index (χ1n) is 7.11. The van der Waals surface area contributed by atoms with Crippen LogP contribution in [-0.2, 0) is 14.3 Å². The number of amides is 1. The van der Waals surface area contributed by atoms with Gasteiger partial charge in [0.1, 0.15) is 0 Å². The molecule has 0 aromatic carbocycles. The van der Waals surface area contributed by atoms with E-state index in [1.165, 1.54) is 0 Å². The summed E-state index contributed by atoms with van der Waals surface area (Å²) in [6, 6.07) is 0. The molecule has 1 amide bonds. The highest BCUT2D eigenvalue weighted by atomic mass is 16.5. The Labute approximate surface area is 119 Å². The molecular weight excluding hydrogens is 258 g/mol. The second kappa shape index (κ2) is 5.56. The molecule has 0 aliphatic carbocycles. The fourth-order valence-corrected chi connectivity index (χ4v) is 3.39. The Morgan fingerprint density at radius 3 is 2.80 bits per heavy atom. The fraction of sp³-hybridized carbons (Fsp3) is 0.733. The summed E-state index contributed by atoms with van der Waals surface area (Å²) in [6.45, 7) is 9.32. The fourth-order valence-electron chi connectivity index (χ4n) is 3.39. The van der Waals surface area contributed by atoms with Gasteiger partial charge in [0.15, 0.2) is 0 Å². The molecule has 2 heterocycles. The van der Waals surface area contributed by atoms with E-state index < -0.39 is 11.4 Å². The predicted molar refractivity (Wildman–Crippen MR) is 74.2 cm³/mol. The molecule has 0 radical (unpaired) electrons. The number of aliphatic carboxylic acids is 1. The molecule has 0 bridgehead atoms. The van der Waals surface area contributed by atoms with Crippen LogP contribution in [0.4, 0.5) is 0 Å². The minimum atomic E-state index is -0.809. The van der Waals surface area contributed by atoms with Crippen LogP contribution in [0.1, 0.15) is 26.7 Å². The van der Waals surface area contributed by atoms with Crippen LogP contribution >= 0.6 is 0 Å². The number of hydrogen-bond acceptors (Lipinski definition) is 3. The largest absolute Gasteiger partial charge is 0.481 e. The summed E-state index contributed by atoms with van der Waals surface area (Å²) >= 11 is 0. The summed E-state index contributed by atoms with van der Waals surface area (Å²) in [5, 5.41) is 9.58. The molecule has 2 rings (SSSR count). The topological polar surface area (TPSA) is 66.8 Å². The van der Waals surface area contributed by atoms with Crippen molar-refractivity contribution in [2.45, 2.75) is 26.7 Å². The second-order valence-electron chi connectivity index (χ2n) is 6.26. The molecule has 5 heteroatoms. The van der Waals surface area contributed by atoms with Crippen molar-refractivity contribution in [3.63, 3.8) is 0 Å². The summed E-state index contributed by atoms with van der Waals surface area (Å²) in [5.74, 6) is -0.995. The van der Waals surface area contributed by atoms with Gasteiger partial charge in [0, 0.05) is 31.5 Å². The van der Waals surface area contributed by atoms with E-state index in [0.29, 0.717) is 39.1 Å². The molecular formula is C15H23NO4. The minimum absolute atomic E-state index is 0.0306. The number of ether oxygens (including phenoxy) is 1. The number of carbonyl (C=O) groups is 2. The first-order chi connectivity index (χ1) is 9.36. The molecule has 1 N–H and O–H groups in total. The van der Waals surface area contributed by atoms with E-state index in [4.69, 9.17) is 4.74 Å². The standard InChI is InChI=1S/C15H23NO4/c1-10(2)6-11(3)13(17)16-7-12-8-20-5-4-15(12,9-16)14(18)19/h11-12H,1,4-9H2,2-3H3,(H,18,19)/t11?,12-,15+/m0/s1. The van der Waals surface area contributed by atoms with E-state index >= 15 is 0 Å². The lowest BCUT2D eigenvalue weighted by molar-refractivity contribution is -0.157. The van der Waals surface area contributed by atoms with Crippen LogP contribution in [-0.4, -0.2) is 48.2 Å². The smallest absolute Gasteiger partial charge is 0.311 e. The van der Waals surface area contributed by atoms with Gasteiger partial charge >= 0.3 is 5.97 Å². The van der Waals surface area contributed by atoms with E-state index in [1.54, 1.807) is 4.90 Å². The Kier molecular flexibility index (Phi) is 4.18. The van der Waals surface area contributed by atoms with Crippen LogP contribution < -0.4 is 0 Å². The van der Waals surface area contributed by atoms with Crippen LogP contribution in [0.2, 0.25) is 0 Å². The van der Waals surface area contributed by atoms with Gasteiger partial charge in [0.2, 0.25) is 5.91 Å². The maximum Gasteiger partial charge on any atom is 0.311 e. The van der Waals surface area contributed by atoms with Crippen LogP contribution in [0.15, 0.2) is 12.2 Å². The van der Waals surface area contributed by atoms with Crippen LogP contribution in [0.3, 0.4) is 0 Å². The van der Waals surface area contributed by atoms with Crippen molar-refractivity contribution in [2.24, 2.45) is 17.3 Å². The highest BCUT2D eigenvalue weighted by molar-refractivity contribution is 5.82. The molecule has 0 aromatic heterocycles. The molecule has 2 saturated heterocycles. The van der Waals surface area contributed by atoms with Gasteiger partial charge in [-0.2, -0.15) is 0 Å². The molecule has 2 fully saturated rings. The van der Waals surface area contributed by atoms with Crippen LogP contribution in [0, 0.1) is 17.3 Å². The lowest BCUT2D eigenvalue weighted by Crippen LogP contribution is -2.45. The average Bonchev–Trinajstić information content (AvgIpc) is 2.77. The molecule has 3 atom stereocenters. The highest BCUT2D eigenvalue weighted by Crippen LogP contribution is 2.42. The zero-order chi connectivity index (χ0) is 14.9. The highest BCUT2D eigenvalue weighted by Gasteiger charge is 2.55. The average molecular weight is 281 g/mol. The molecule has 1 unspecified atom stereocenters. The first-order valence-corrected chi connectivity index (χ1v) is 7.11. The number of nitrogens with zero attached hydrogens (tertiary/aromatic N) is 1. The molecule has 0 aromatic rings. The summed E-state index contributed by atoms with van der Waals surface area (Å²) in [7, 11) is 0. The molecule has 0 spiro atoms. The van der Waals surface area contributed by atoms with Gasteiger partial charge in [0.25, 0.3) is 0 Å². The monoisotopic (exact) mass is 281 g/mol. The first kappa shape index (κ1) is 15.0. The number of hydrogen-bond donors (Lipinski definition) is 1. The number of carbonyl (C=O) groups excluding carboxylic acids is 1. The van der Waals surface area contributed by atoms with Gasteiger partial charge in [0.05, 0.1) is 12.0 Å². The van der Waals surface area contributed by atoms with Crippen molar-refractivity contribution in [1.29, 1.82) is 0 Å². The van der Waals surface area contributed by atoms with Gasteiger partial charge in [-0.25, -0.2) is 0 Å². The van der Waals surface area contributed by atoms with Gasteiger partial charge in [-0.15, -0.1) is 6.58 Å². The number of carboxylic acid groups (broad SMARTS) is 1. The van der Waals surface area contributed by atoms with Crippen molar-refractivity contribution in [3.05, 3.63) is 12.2 Å². The van der Waals surface area contributed by atoms with E-state index in [9.17, 15) is 14.7 Å². The molecule has 2 aliphatic rings. The molecule has 5 nitrogen and oxygen atoms in total. The zero-order valence-corrected chi connectivity index (χ0v) is 12.2. The van der Waals surface area contributed by atoms with E-state index in [0.717, 1.165) is 5.57 Å². The quantitative estimate of drug-likeness (QED) is 0.794. The Morgan fingerprint density at radius 1 is 1.55 bits per heavy atom. The van der Waals surface area contributed by atoms with Crippen molar-refractivity contribution in [1.82, 2.24) is 4.90 Å². The predicted octanol–water partition coefficient (Wildman–Crippen LogP) is 1.54. The molecule has 2 aliphatic heterocycles. The Hall–Kier alpha value is -1.36. The Bertz CT molecular complexity index is 434. The van der Waals surface area contributed by atoms with Crippen LogP contribution in [0.5, 0.6) is 0 Å². The molecule has 0 saturated carbocycles. The van der Waals surface area contributed by atoms with Gasteiger partial charge < -0.3 is 14.7 Å².